The van der Waals surface area contributed by atoms with Gasteiger partial charge in [0.15, 0.2) is 0 Å². The molecule has 0 radical (unpaired) electrons. The smallest absolute Gasteiger partial charge is 0.279 e. The van der Waals surface area contributed by atoms with Crippen LogP contribution in [0.2, 0.25) is 0 Å². The second-order valence-electron chi connectivity index (χ2n) is 6.41. The Kier molecular flexibility index (Phi) is 6.05. The molecule has 2 aromatic carbocycles. The molecule has 0 aliphatic heterocycles. The van der Waals surface area contributed by atoms with Gasteiger partial charge >= 0.3 is 0 Å². The maximum atomic E-state index is 12.8. The molecule has 0 unspecified atom stereocenters. The first kappa shape index (κ1) is 21.2. The molecule has 1 aromatic heterocycles. The SMILES string of the molecule is Cc1c(C(=O)Nc2ccccc2C(=O)NCc2ccco2)cc([N+](=O)[O-])cc1[N+](=O)[O-]. The van der Waals surface area contributed by atoms with Crippen molar-refractivity contribution < 1.29 is 23.9 Å². The first-order chi connectivity index (χ1) is 14.8. The molecule has 2 N–H and O–H groups in total. The van der Waals surface area contributed by atoms with Gasteiger partial charge in [0, 0.05) is 11.6 Å². The standard InChI is InChI=1S/C20H16N4O7/c1-12-16(9-13(23(27)28)10-18(12)24(29)30)20(26)22-17-7-3-2-6-15(17)19(25)21-11-14-5-4-8-31-14/h2-10H,11H2,1H3,(H,21,25)(H,22,26). The third kappa shape index (κ3) is 4.72. The largest absolute Gasteiger partial charge is 0.467 e. The number of nitro benzene ring substituents is 2. The van der Waals surface area contributed by atoms with Gasteiger partial charge in [-0.15, -0.1) is 0 Å². The van der Waals surface area contributed by atoms with E-state index in [0.717, 1.165) is 12.1 Å². The van der Waals surface area contributed by atoms with E-state index >= 15 is 0 Å². The number of para-hydroxylation sites is 1. The monoisotopic (exact) mass is 424 g/mol. The van der Waals surface area contributed by atoms with Crippen LogP contribution in [0.1, 0.15) is 32.0 Å². The number of non-ortho nitro benzene ring substituents is 1. The normalized spacial score (nSPS) is 10.4. The highest BCUT2D eigenvalue weighted by molar-refractivity contribution is 6.10. The zero-order valence-electron chi connectivity index (χ0n) is 16.2. The van der Waals surface area contributed by atoms with Crippen molar-refractivity contribution in [1.82, 2.24) is 5.32 Å². The molecule has 158 valence electrons. The number of amides is 2. The molecule has 0 aliphatic rings. The molecule has 31 heavy (non-hydrogen) atoms. The number of nitrogens with zero attached hydrogens (tertiary/aromatic N) is 2. The van der Waals surface area contributed by atoms with E-state index in [1.165, 1.54) is 25.3 Å². The number of hydrogen-bond donors (Lipinski definition) is 2. The molecule has 2 amide bonds. The van der Waals surface area contributed by atoms with E-state index in [1.54, 1.807) is 24.3 Å². The van der Waals surface area contributed by atoms with Crippen LogP contribution in [0.15, 0.2) is 59.2 Å². The minimum absolute atomic E-state index is 0.0344. The Labute approximate surface area is 175 Å². The van der Waals surface area contributed by atoms with Crippen LogP contribution in [0, 0.1) is 27.2 Å². The van der Waals surface area contributed by atoms with Crippen LogP contribution in [0.3, 0.4) is 0 Å². The van der Waals surface area contributed by atoms with E-state index in [0.29, 0.717) is 5.76 Å². The lowest BCUT2D eigenvalue weighted by Gasteiger charge is -2.12. The zero-order valence-corrected chi connectivity index (χ0v) is 16.2. The molecule has 1 heterocycles. The second kappa shape index (κ2) is 8.86. The number of nitrogens with one attached hydrogen (secondary N) is 2. The molecular formula is C20H16N4O7. The summed E-state index contributed by atoms with van der Waals surface area (Å²) in [5.41, 5.74) is -1.15. The second-order valence-corrected chi connectivity index (χ2v) is 6.41. The average molecular weight is 424 g/mol. The summed E-state index contributed by atoms with van der Waals surface area (Å²) in [5.74, 6) is -0.779. The fourth-order valence-corrected chi connectivity index (χ4v) is 2.87. The molecule has 0 spiro atoms. The molecular weight excluding hydrogens is 408 g/mol. The van der Waals surface area contributed by atoms with Gasteiger partial charge in [-0.2, -0.15) is 0 Å². The summed E-state index contributed by atoms with van der Waals surface area (Å²) < 4.78 is 5.15. The number of anilines is 1. The van der Waals surface area contributed by atoms with Crippen LogP contribution in [-0.2, 0) is 6.54 Å². The van der Waals surface area contributed by atoms with Crippen molar-refractivity contribution in [2.45, 2.75) is 13.5 Å². The van der Waals surface area contributed by atoms with Gasteiger partial charge < -0.3 is 15.1 Å². The minimum atomic E-state index is -0.824. The molecule has 0 atom stereocenters. The molecule has 3 rings (SSSR count). The van der Waals surface area contributed by atoms with E-state index in [1.807, 2.05) is 0 Å². The van der Waals surface area contributed by atoms with Crippen LogP contribution < -0.4 is 10.6 Å². The highest BCUT2D eigenvalue weighted by atomic mass is 16.6. The first-order valence-corrected chi connectivity index (χ1v) is 8.92. The quantitative estimate of drug-likeness (QED) is 0.433. The van der Waals surface area contributed by atoms with Crippen LogP contribution >= 0.6 is 0 Å². The topological polar surface area (TPSA) is 158 Å². The third-order valence-electron chi connectivity index (χ3n) is 4.44. The fraction of sp³-hybridized carbons (Fsp3) is 0.100. The van der Waals surface area contributed by atoms with Crippen LogP contribution in [-0.4, -0.2) is 21.7 Å². The Bertz CT molecular complexity index is 1170. The van der Waals surface area contributed by atoms with Crippen molar-refractivity contribution in [1.29, 1.82) is 0 Å². The van der Waals surface area contributed by atoms with Crippen LogP contribution in [0.25, 0.3) is 0 Å². The Morgan fingerprint density at radius 2 is 1.71 bits per heavy atom. The molecule has 11 heteroatoms. The first-order valence-electron chi connectivity index (χ1n) is 8.92. The molecule has 0 saturated carbocycles. The molecule has 0 bridgehead atoms. The van der Waals surface area contributed by atoms with E-state index in [2.05, 4.69) is 10.6 Å². The minimum Gasteiger partial charge on any atom is -0.467 e. The summed E-state index contributed by atoms with van der Waals surface area (Å²) in [5, 5.41) is 27.5. The van der Waals surface area contributed by atoms with Gasteiger partial charge in [0.05, 0.1) is 45.5 Å². The molecule has 11 nitrogen and oxygen atoms in total. The number of benzene rings is 2. The van der Waals surface area contributed by atoms with Crippen LogP contribution in [0.4, 0.5) is 17.1 Å². The number of furan rings is 1. The third-order valence-corrected chi connectivity index (χ3v) is 4.44. The van der Waals surface area contributed by atoms with Gasteiger partial charge in [0.2, 0.25) is 0 Å². The molecule has 3 aromatic rings. The Hall–Kier alpha value is -4.54. The van der Waals surface area contributed by atoms with Gasteiger partial charge in [-0.3, -0.25) is 29.8 Å². The van der Waals surface area contributed by atoms with Crippen molar-refractivity contribution in [2.24, 2.45) is 0 Å². The average Bonchev–Trinajstić information content (AvgIpc) is 3.25. The predicted octanol–water partition coefficient (Wildman–Crippen LogP) is 3.59. The van der Waals surface area contributed by atoms with E-state index < -0.39 is 33.0 Å². The van der Waals surface area contributed by atoms with E-state index in [9.17, 15) is 29.8 Å². The maximum Gasteiger partial charge on any atom is 0.279 e. The summed E-state index contributed by atoms with van der Waals surface area (Å²) >= 11 is 0. The van der Waals surface area contributed by atoms with Crippen molar-refractivity contribution >= 4 is 28.9 Å². The highest BCUT2D eigenvalue weighted by Crippen LogP contribution is 2.29. The lowest BCUT2D eigenvalue weighted by atomic mass is 10.0. The fourth-order valence-electron chi connectivity index (χ4n) is 2.87. The van der Waals surface area contributed by atoms with Crippen molar-refractivity contribution in [3.63, 3.8) is 0 Å². The molecule has 0 saturated heterocycles. The van der Waals surface area contributed by atoms with Crippen molar-refractivity contribution in [2.75, 3.05) is 5.32 Å². The number of carbonyl (C=O) groups is 2. The number of rotatable bonds is 7. The number of carbonyl (C=O) groups excluding carboxylic acids is 2. The summed E-state index contributed by atoms with van der Waals surface area (Å²) in [6.45, 7) is 1.45. The molecule has 0 fully saturated rings. The Morgan fingerprint density at radius 3 is 2.35 bits per heavy atom. The predicted molar refractivity (Wildman–Crippen MR) is 109 cm³/mol. The van der Waals surface area contributed by atoms with E-state index in [-0.39, 0.29) is 28.9 Å². The maximum absolute atomic E-state index is 12.8. The highest BCUT2D eigenvalue weighted by Gasteiger charge is 2.25. The van der Waals surface area contributed by atoms with E-state index in [4.69, 9.17) is 4.42 Å². The van der Waals surface area contributed by atoms with Gasteiger partial charge in [-0.1, -0.05) is 12.1 Å². The summed E-state index contributed by atoms with van der Waals surface area (Å²) in [4.78, 5) is 46.1. The summed E-state index contributed by atoms with van der Waals surface area (Å²) in [6.07, 6.45) is 1.47. The lowest BCUT2D eigenvalue weighted by Crippen LogP contribution is -2.25. The van der Waals surface area contributed by atoms with Crippen molar-refractivity contribution in [3.05, 3.63) is 97.5 Å². The van der Waals surface area contributed by atoms with Gasteiger partial charge in [-0.25, -0.2) is 0 Å². The van der Waals surface area contributed by atoms with Gasteiger partial charge in [0.1, 0.15) is 5.76 Å². The number of nitro groups is 2. The van der Waals surface area contributed by atoms with Crippen LogP contribution in [0.5, 0.6) is 0 Å². The summed E-state index contributed by atoms with van der Waals surface area (Å²) in [6, 6.07) is 11.3. The van der Waals surface area contributed by atoms with Crippen molar-refractivity contribution in [3.8, 4) is 0 Å². The number of hydrogen-bond acceptors (Lipinski definition) is 7. The molecule has 0 aliphatic carbocycles. The zero-order chi connectivity index (χ0) is 22.5. The Balaban J connectivity index is 1.88. The Morgan fingerprint density at radius 1 is 0.968 bits per heavy atom. The van der Waals surface area contributed by atoms with Gasteiger partial charge in [-0.05, 0) is 31.2 Å². The lowest BCUT2D eigenvalue weighted by molar-refractivity contribution is -0.394. The van der Waals surface area contributed by atoms with Gasteiger partial charge in [0.25, 0.3) is 23.2 Å². The summed E-state index contributed by atoms with van der Waals surface area (Å²) in [7, 11) is 0.